The Kier molecular flexibility index (Phi) is 7.11. The lowest BCUT2D eigenvalue weighted by atomic mass is 10.1. The van der Waals surface area contributed by atoms with E-state index >= 15 is 0 Å². The van der Waals surface area contributed by atoms with Gasteiger partial charge < -0.3 is 20.1 Å². The molecule has 1 aliphatic carbocycles. The van der Waals surface area contributed by atoms with Crippen LogP contribution in [0.15, 0.2) is 48.5 Å². The molecule has 0 saturated heterocycles. The van der Waals surface area contributed by atoms with Crippen molar-refractivity contribution in [3.05, 3.63) is 54.1 Å². The maximum atomic E-state index is 12.6. The number of hydrogen-bond donors (Lipinski definition) is 2. The van der Waals surface area contributed by atoms with E-state index in [0.29, 0.717) is 24.5 Å². The minimum atomic E-state index is -0.185. The van der Waals surface area contributed by atoms with Crippen LogP contribution in [0.5, 0.6) is 5.75 Å². The molecule has 0 atom stereocenters. The van der Waals surface area contributed by atoms with Crippen molar-refractivity contribution in [1.29, 1.82) is 0 Å². The smallest absolute Gasteiger partial charge is 0.259 e. The van der Waals surface area contributed by atoms with E-state index < -0.39 is 0 Å². The van der Waals surface area contributed by atoms with Gasteiger partial charge in [0.15, 0.2) is 0 Å². The first-order valence-electron chi connectivity index (χ1n) is 9.62. The van der Waals surface area contributed by atoms with Crippen molar-refractivity contribution >= 4 is 17.3 Å². The molecule has 2 N–H and O–H groups in total. The van der Waals surface area contributed by atoms with E-state index in [1.807, 2.05) is 36.4 Å². The number of carbonyl (C=O) groups is 1. The van der Waals surface area contributed by atoms with Crippen LogP contribution in [0, 0.1) is 5.92 Å². The minimum Gasteiger partial charge on any atom is -0.490 e. The summed E-state index contributed by atoms with van der Waals surface area (Å²) in [6.07, 6.45) is 5.36. The zero-order valence-corrected chi connectivity index (χ0v) is 15.9. The van der Waals surface area contributed by atoms with Gasteiger partial charge in [-0.25, -0.2) is 0 Å². The van der Waals surface area contributed by atoms with Crippen molar-refractivity contribution in [1.82, 2.24) is 0 Å². The second-order valence-corrected chi connectivity index (χ2v) is 6.90. The van der Waals surface area contributed by atoms with Gasteiger partial charge in [0.25, 0.3) is 5.91 Å². The highest BCUT2D eigenvalue weighted by molar-refractivity contribution is 6.06. The number of para-hydroxylation sites is 1. The van der Waals surface area contributed by atoms with Crippen LogP contribution in [0.1, 0.15) is 36.0 Å². The summed E-state index contributed by atoms with van der Waals surface area (Å²) in [4.78, 5) is 12.6. The molecule has 3 rings (SSSR count). The maximum absolute atomic E-state index is 12.6. The van der Waals surface area contributed by atoms with Crippen molar-refractivity contribution in [2.45, 2.75) is 25.7 Å². The molecule has 144 valence electrons. The van der Waals surface area contributed by atoms with E-state index in [2.05, 4.69) is 10.6 Å². The van der Waals surface area contributed by atoms with Gasteiger partial charge in [-0.1, -0.05) is 25.0 Å². The first-order valence-corrected chi connectivity index (χ1v) is 9.62. The Hall–Kier alpha value is -2.53. The molecule has 0 bridgehead atoms. The number of methoxy groups -OCH3 is 1. The van der Waals surface area contributed by atoms with Gasteiger partial charge >= 0.3 is 0 Å². The van der Waals surface area contributed by atoms with Crippen LogP contribution < -0.4 is 15.4 Å². The number of carbonyl (C=O) groups excluding carboxylic acids is 1. The Balaban J connectivity index is 1.56. The Morgan fingerprint density at radius 3 is 2.44 bits per heavy atom. The minimum absolute atomic E-state index is 0.185. The van der Waals surface area contributed by atoms with E-state index in [1.165, 1.54) is 25.7 Å². The zero-order valence-electron chi connectivity index (χ0n) is 15.9. The number of benzene rings is 2. The van der Waals surface area contributed by atoms with Crippen LogP contribution in [0.2, 0.25) is 0 Å². The summed E-state index contributed by atoms with van der Waals surface area (Å²) < 4.78 is 10.6. The van der Waals surface area contributed by atoms with Gasteiger partial charge in [-0.05, 0) is 55.2 Å². The van der Waals surface area contributed by atoms with Crippen LogP contribution in [-0.2, 0) is 4.74 Å². The number of nitrogens with one attached hydrogen (secondary N) is 2. The standard InChI is InChI=1S/C22H28N2O3/c1-26-14-15-27-21-9-5-4-8-20(21)22(25)24-19-12-10-18(11-13-19)23-16-17-6-2-3-7-17/h4-5,8-13,17,23H,2-3,6-7,14-16H2,1H3,(H,24,25). The summed E-state index contributed by atoms with van der Waals surface area (Å²) >= 11 is 0. The first kappa shape index (κ1) is 19.2. The van der Waals surface area contributed by atoms with Crippen molar-refractivity contribution in [2.24, 2.45) is 5.92 Å². The first-order chi connectivity index (χ1) is 13.3. The number of amides is 1. The predicted octanol–water partition coefficient (Wildman–Crippen LogP) is 4.57. The highest BCUT2D eigenvalue weighted by Gasteiger charge is 2.15. The van der Waals surface area contributed by atoms with Crippen molar-refractivity contribution in [2.75, 3.05) is 37.5 Å². The molecule has 0 unspecified atom stereocenters. The van der Waals surface area contributed by atoms with Crippen LogP contribution in [-0.4, -0.2) is 32.8 Å². The van der Waals surface area contributed by atoms with Crippen LogP contribution in [0.4, 0.5) is 11.4 Å². The SMILES string of the molecule is COCCOc1ccccc1C(=O)Nc1ccc(NCC2CCCC2)cc1. The molecule has 27 heavy (non-hydrogen) atoms. The fourth-order valence-electron chi connectivity index (χ4n) is 3.36. The van der Waals surface area contributed by atoms with Gasteiger partial charge in [0.1, 0.15) is 12.4 Å². The fraction of sp³-hybridized carbons (Fsp3) is 0.409. The molecule has 0 heterocycles. The van der Waals surface area contributed by atoms with E-state index in [-0.39, 0.29) is 5.91 Å². The highest BCUT2D eigenvalue weighted by Crippen LogP contribution is 2.25. The third-order valence-corrected chi connectivity index (χ3v) is 4.89. The summed E-state index contributed by atoms with van der Waals surface area (Å²) in [6.45, 7) is 1.91. The molecule has 5 heteroatoms. The van der Waals surface area contributed by atoms with Crippen molar-refractivity contribution in [3.63, 3.8) is 0 Å². The van der Waals surface area contributed by atoms with Gasteiger partial charge in [0.05, 0.1) is 12.2 Å². The zero-order chi connectivity index (χ0) is 18.9. The molecular formula is C22H28N2O3. The topological polar surface area (TPSA) is 59.6 Å². The molecule has 1 fully saturated rings. The van der Waals surface area contributed by atoms with Gasteiger partial charge in [0, 0.05) is 25.0 Å². The van der Waals surface area contributed by atoms with Crippen LogP contribution >= 0.6 is 0 Å². The monoisotopic (exact) mass is 368 g/mol. The van der Waals surface area contributed by atoms with Crippen LogP contribution in [0.3, 0.4) is 0 Å². The van der Waals surface area contributed by atoms with E-state index in [0.717, 1.165) is 23.8 Å². The quantitative estimate of drug-likeness (QED) is 0.637. The number of hydrogen-bond acceptors (Lipinski definition) is 4. The van der Waals surface area contributed by atoms with Gasteiger partial charge in [-0.2, -0.15) is 0 Å². The molecule has 1 amide bonds. The molecule has 0 radical (unpaired) electrons. The maximum Gasteiger partial charge on any atom is 0.259 e. The number of ether oxygens (including phenoxy) is 2. The summed E-state index contributed by atoms with van der Waals surface area (Å²) in [5.74, 6) is 1.16. The lowest BCUT2D eigenvalue weighted by Crippen LogP contribution is -2.15. The molecular weight excluding hydrogens is 340 g/mol. The Labute approximate surface area is 161 Å². The summed E-state index contributed by atoms with van der Waals surface area (Å²) in [7, 11) is 1.62. The van der Waals surface area contributed by atoms with Gasteiger partial charge in [0.2, 0.25) is 0 Å². The van der Waals surface area contributed by atoms with E-state index in [9.17, 15) is 4.79 Å². The van der Waals surface area contributed by atoms with Crippen molar-refractivity contribution < 1.29 is 14.3 Å². The Morgan fingerprint density at radius 2 is 1.70 bits per heavy atom. The molecule has 2 aromatic carbocycles. The van der Waals surface area contributed by atoms with Crippen molar-refractivity contribution in [3.8, 4) is 5.75 Å². The molecule has 0 spiro atoms. The third kappa shape index (κ3) is 5.73. The molecule has 0 aromatic heterocycles. The lowest BCUT2D eigenvalue weighted by molar-refractivity contribution is 0.101. The molecule has 2 aromatic rings. The predicted molar refractivity (Wildman–Crippen MR) is 109 cm³/mol. The highest BCUT2D eigenvalue weighted by atomic mass is 16.5. The van der Waals surface area contributed by atoms with Gasteiger partial charge in [-0.15, -0.1) is 0 Å². The average molecular weight is 368 g/mol. The van der Waals surface area contributed by atoms with E-state index in [4.69, 9.17) is 9.47 Å². The molecule has 1 saturated carbocycles. The average Bonchev–Trinajstić information content (AvgIpc) is 3.22. The Bertz CT molecular complexity index is 725. The molecule has 1 aliphatic rings. The largest absolute Gasteiger partial charge is 0.490 e. The second-order valence-electron chi connectivity index (χ2n) is 6.90. The molecule has 0 aliphatic heterocycles. The van der Waals surface area contributed by atoms with Gasteiger partial charge in [-0.3, -0.25) is 4.79 Å². The Morgan fingerprint density at radius 1 is 1.00 bits per heavy atom. The third-order valence-electron chi connectivity index (χ3n) is 4.89. The summed E-state index contributed by atoms with van der Waals surface area (Å²) in [5, 5.41) is 6.43. The lowest BCUT2D eigenvalue weighted by Gasteiger charge is -2.13. The molecule has 5 nitrogen and oxygen atoms in total. The van der Waals surface area contributed by atoms with Crippen LogP contribution in [0.25, 0.3) is 0 Å². The summed E-state index contributed by atoms with van der Waals surface area (Å²) in [5.41, 5.74) is 2.36. The normalized spacial score (nSPS) is 14.1. The number of rotatable bonds is 9. The second kappa shape index (κ2) is 9.97. The fourth-order valence-corrected chi connectivity index (χ4v) is 3.36. The number of anilines is 2. The summed E-state index contributed by atoms with van der Waals surface area (Å²) in [6, 6.07) is 15.1. The van der Waals surface area contributed by atoms with E-state index in [1.54, 1.807) is 19.2 Å².